The monoisotopic (exact) mass is 490 g/mol. The number of halogens is 1. The molecule has 170 valence electrons. The van der Waals surface area contributed by atoms with E-state index in [0.717, 1.165) is 23.2 Å². The summed E-state index contributed by atoms with van der Waals surface area (Å²) < 4.78 is 43.8. The van der Waals surface area contributed by atoms with Crippen LogP contribution in [0.2, 0.25) is 0 Å². The van der Waals surface area contributed by atoms with Crippen molar-refractivity contribution in [2.75, 3.05) is 17.3 Å². The second-order valence-corrected chi connectivity index (χ2v) is 9.70. The van der Waals surface area contributed by atoms with Gasteiger partial charge < -0.3 is 10.1 Å². The Balaban J connectivity index is 1.48. The number of nitrogens with zero attached hydrogens (tertiary/aromatic N) is 2. The molecule has 3 heterocycles. The zero-order valence-corrected chi connectivity index (χ0v) is 18.5. The van der Waals surface area contributed by atoms with Crippen LogP contribution in [0, 0.1) is 5.13 Å². The van der Waals surface area contributed by atoms with Gasteiger partial charge in [-0.1, -0.05) is 17.4 Å². The molecule has 0 radical (unpaired) electrons. The molecule has 1 aliphatic rings. The number of carbonyl (C=O) groups is 3. The quantitative estimate of drug-likeness (QED) is 0.525. The van der Waals surface area contributed by atoms with Gasteiger partial charge in [0.05, 0.1) is 25.4 Å². The Bertz CT molecular complexity index is 1370. The molecule has 1 aromatic carbocycles. The molecule has 1 aliphatic heterocycles. The van der Waals surface area contributed by atoms with Gasteiger partial charge in [-0.2, -0.15) is 4.39 Å². The molecule has 2 aromatic heterocycles. The lowest BCUT2D eigenvalue weighted by molar-refractivity contribution is -0.117. The lowest BCUT2D eigenvalue weighted by Gasteiger charge is -2.26. The van der Waals surface area contributed by atoms with Gasteiger partial charge in [0.15, 0.2) is 5.13 Å². The van der Waals surface area contributed by atoms with E-state index in [1.807, 2.05) is 0 Å². The van der Waals surface area contributed by atoms with E-state index in [1.165, 1.54) is 25.3 Å². The van der Waals surface area contributed by atoms with Crippen molar-refractivity contribution in [3.63, 3.8) is 0 Å². The SMILES string of the molecule is COc1ccc2c(c1)C(=O)N(c1ccc(NC(=O)NS(=O)(=O)c3ccc(F)s3)cn1)C(=O)C2. The highest BCUT2D eigenvalue weighted by molar-refractivity contribution is 7.92. The number of carbonyl (C=O) groups excluding carboxylic acids is 3. The summed E-state index contributed by atoms with van der Waals surface area (Å²) >= 11 is 0.372. The van der Waals surface area contributed by atoms with Gasteiger partial charge in [-0.05, 0) is 42.0 Å². The Hall–Kier alpha value is -3.84. The van der Waals surface area contributed by atoms with Crippen molar-refractivity contribution in [3.05, 3.63) is 64.9 Å². The number of sulfonamides is 1. The Kier molecular flexibility index (Phi) is 5.82. The number of benzene rings is 1. The number of ether oxygens (including phenoxy) is 1. The maximum Gasteiger partial charge on any atom is 0.333 e. The lowest BCUT2D eigenvalue weighted by atomic mass is 9.98. The number of pyridine rings is 1. The highest BCUT2D eigenvalue weighted by atomic mass is 32.2. The van der Waals surface area contributed by atoms with Crippen molar-refractivity contribution in [1.29, 1.82) is 0 Å². The summed E-state index contributed by atoms with van der Waals surface area (Å²) in [6.07, 6.45) is 1.16. The van der Waals surface area contributed by atoms with Crippen molar-refractivity contribution < 1.29 is 31.9 Å². The van der Waals surface area contributed by atoms with Crippen molar-refractivity contribution in [1.82, 2.24) is 9.71 Å². The topological polar surface area (TPSA) is 135 Å². The number of urea groups is 1. The van der Waals surface area contributed by atoms with E-state index in [-0.39, 0.29) is 22.1 Å². The number of anilines is 2. The third-order valence-electron chi connectivity index (χ3n) is 4.62. The number of amides is 4. The average molecular weight is 490 g/mol. The molecule has 0 atom stereocenters. The molecule has 3 aromatic rings. The van der Waals surface area contributed by atoms with Crippen LogP contribution in [0.4, 0.5) is 20.7 Å². The molecule has 0 aliphatic carbocycles. The minimum absolute atomic E-state index is 0.00364. The maximum atomic E-state index is 13.1. The van der Waals surface area contributed by atoms with Gasteiger partial charge in [0.2, 0.25) is 5.91 Å². The maximum absolute atomic E-state index is 13.1. The summed E-state index contributed by atoms with van der Waals surface area (Å²) in [4.78, 5) is 42.4. The second kappa shape index (κ2) is 8.60. The molecule has 4 rings (SSSR count). The molecule has 10 nitrogen and oxygen atoms in total. The van der Waals surface area contributed by atoms with E-state index in [2.05, 4.69) is 10.3 Å². The predicted octanol–water partition coefficient (Wildman–Crippen LogP) is 2.53. The Morgan fingerprint density at radius 2 is 1.97 bits per heavy atom. The average Bonchev–Trinajstić information content (AvgIpc) is 3.22. The fraction of sp³-hybridized carbons (Fsp3) is 0.100. The highest BCUT2D eigenvalue weighted by Gasteiger charge is 2.33. The molecule has 13 heteroatoms. The summed E-state index contributed by atoms with van der Waals surface area (Å²) in [7, 11) is -2.78. The lowest BCUT2D eigenvalue weighted by Crippen LogP contribution is -2.43. The van der Waals surface area contributed by atoms with E-state index in [1.54, 1.807) is 16.9 Å². The zero-order valence-electron chi connectivity index (χ0n) is 16.9. The van der Waals surface area contributed by atoms with Gasteiger partial charge in [-0.25, -0.2) is 27.8 Å². The summed E-state index contributed by atoms with van der Waals surface area (Å²) in [6, 6.07) is 8.44. The fourth-order valence-corrected chi connectivity index (χ4v) is 5.02. The van der Waals surface area contributed by atoms with Crippen LogP contribution in [0.5, 0.6) is 5.75 Å². The summed E-state index contributed by atoms with van der Waals surface area (Å²) in [5, 5.41) is 1.56. The summed E-state index contributed by atoms with van der Waals surface area (Å²) in [6.45, 7) is 0. The smallest absolute Gasteiger partial charge is 0.333 e. The normalized spacial score (nSPS) is 13.5. The third kappa shape index (κ3) is 4.54. The first kappa shape index (κ1) is 22.4. The van der Waals surface area contributed by atoms with Crippen LogP contribution in [-0.4, -0.2) is 38.4 Å². The van der Waals surface area contributed by atoms with Crippen LogP contribution in [0.3, 0.4) is 0 Å². The minimum atomic E-state index is -4.24. The van der Waals surface area contributed by atoms with Crippen LogP contribution in [0.25, 0.3) is 0 Å². The molecule has 0 unspecified atom stereocenters. The minimum Gasteiger partial charge on any atom is -0.497 e. The second-order valence-electron chi connectivity index (χ2n) is 6.76. The first-order valence-electron chi connectivity index (χ1n) is 9.27. The molecule has 0 bridgehead atoms. The Morgan fingerprint density at radius 3 is 2.61 bits per heavy atom. The van der Waals surface area contributed by atoms with Gasteiger partial charge in [-0.3, -0.25) is 9.59 Å². The number of aromatic nitrogens is 1. The molecule has 0 saturated heterocycles. The molecular formula is C20H15FN4O6S2. The van der Waals surface area contributed by atoms with E-state index < -0.39 is 33.0 Å². The molecule has 0 fully saturated rings. The van der Waals surface area contributed by atoms with Crippen LogP contribution in [0.15, 0.2) is 52.9 Å². The van der Waals surface area contributed by atoms with Gasteiger partial charge >= 0.3 is 6.03 Å². The number of nitrogens with one attached hydrogen (secondary N) is 2. The number of methoxy groups -OCH3 is 1. The number of rotatable bonds is 5. The molecule has 0 spiro atoms. The molecular weight excluding hydrogens is 475 g/mol. The Labute approximate surface area is 191 Å². The molecule has 0 saturated carbocycles. The van der Waals surface area contributed by atoms with Crippen LogP contribution < -0.4 is 19.7 Å². The fourth-order valence-electron chi connectivity index (χ4n) is 3.11. The van der Waals surface area contributed by atoms with Crippen molar-refractivity contribution in [2.45, 2.75) is 10.6 Å². The van der Waals surface area contributed by atoms with Crippen molar-refractivity contribution in [2.24, 2.45) is 0 Å². The predicted molar refractivity (Wildman–Crippen MR) is 116 cm³/mol. The molecule has 2 N–H and O–H groups in total. The van der Waals surface area contributed by atoms with Crippen molar-refractivity contribution in [3.8, 4) is 5.75 Å². The van der Waals surface area contributed by atoms with Crippen LogP contribution in [-0.2, 0) is 21.2 Å². The van der Waals surface area contributed by atoms with Gasteiger partial charge in [0.25, 0.3) is 15.9 Å². The number of hydrogen-bond acceptors (Lipinski definition) is 8. The van der Waals surface area contributed by atoms with E-state index >= 15 is 0 Å². The van der Waals surface area contributed by atoms with Gasteiger partial charge in [0.1, 0.15) is 15.8 Å². The van der Waals surface area contributed by atoms with Crippen LogP contribution in [0.1, 0.15) is 15.9 Å². The van der Waals surface area contributed by atoms with Crippen LogP contribution >= 0.6 is 11.3 Å². The summed E-state index contributed by atoms with van der Waals surface area (Å²) in [5.41, 5.74) is 0.985. The van der Waals surface area contributed by atoms with Gasteiger partial charge in [-0.15, -0.1) is 0 Å². The first-order valence-corrected chi connectivity index (χ1v) is 11.6. The third-order valence-corrected chi connectivity index (χ3v) is 7.31. The highest BCUT2D eigenvalue weighted by Crippen LogP contribution is 2.28. The number of hydrogen-bond donors (Lipinski definition) is 2. The number of imide groups is 1. The summed E-state index contributed by atoms with van der Waals surface area (Å²) in [5.74, 6) is -0.542. The molecule has 4 amide bonds. The molecule has 33 heavy (non-hydrogen) atoms. The number of thiophene rings is 1. The first-order chi connectivity index (χ1) is 15.7. The standard InChI is InChI=1S/C20H15FN4O6S2/c1-31-13-4-2-11-8-17(26)25(19(27)14(11)9-13)16-6-3-12(10-22-16)23-20(28)24-33(29,30)18-7-5-15(21)32-18/h2-7,9-10H,8H2,1H3,(H2,23,24,28). The largest absolute Gasteiger partial charge is 0.497 e. The Morgan fingerprint density at radius 1 is 1.18 bits per heavy atom. The van der Waals surface area contributed by atoms with Gasteiger partial charge in [0, 0.05) is 5.56 Å². The van der Waals surface area contributed by atoms with Crippen molar-refractivity contribution >= 4 is 50.7 Å². The van der Waals surface area contributed by atoms with E-state index in [4.69, 9.17) is 4.74 Å². The zero-order chi connectivity index (χ0) is 23.8. The van der Waals surface area contributed by atoms with E-state index in [9.17, 15) is 27.2 Å². The number of fused-ring (bicyclic) bond motifs is 1. The van der Waals surface area contributed by atoms with E-state index in [0.29, 0.717) is 28.2 Å².